The Labute approximate surface area is 188 Å². The van der Waals surface area contributed by atoms with Crippen molar-refractivity contribution >= 4 is 49.6 Å². The van der Waals surface area contributed by atoms with Crippen LogP contribution >= 0.6 is 22.9 Å². The summed E-state index contributed by atoms with van der Waals surface area (Å²) in [6.45, 7) is 1.96. The molecule has 6 nitrogen and oxygen atoms in total. The molecular formula is C21H18ClFN2O4S2. The molecule has 0 aliphatic rings. The van der Waals surface area contributed by atoms with Gasteiger partial charge in [-0.2, -0.15) is 0 Å². The summed E-state index contributed by atoms with van der Waals surface area (Å²) in [4.78, 5) is 25.6. The Kier molecular flexibility index (Phi) is 6.78. The SMILES string of the molecule is Cc1cc(NC(=O)c2ccc(F)cc2Cl)sc1C(=O)NCc1ccc(S(C)(=O)=O)cc1. The van der Waals surface area contributed by atoms with Crippen LogP contribution in [0.15, 0.2) is 53.4 Å². The van der Waals surface area contributed by atoms with E-state index in [-0.39, 0.29) is 27.9 Å². The number of halogens is 2. The van der Waals surface area contributed by atoms with Crippen molar-refractivity contribution in [2.24, 2.45) is 0 Å². The third-order valence-corrected chi connectivity index (χ3v) is 6.93. The zero-order chi connectivity index (χ0) is 22.8. The molecule has 1 aromatic heterocycles. The van der Waals surface area contributed by atoms with Crippen LogP contribution in [0.2, 0.25) is 5.02 Å². The third kappa shape index (κ3) is 5.69. The molecule has 3 rings (SSSR count). The lowest BCUT2D eigenvalue weighted by atomic mass is 10.2. The second-order valence-corrected chi connectivity index (χ2v) is 10.3. The topological polar surface area (TPSA) is 92.3 Å². The summed E-state index contributed by atoms with van der Waals surface area (Å²) in [5.41, 5.74) is 1.54. The van der Waals surface area contributed by atoms with E-state index in [1.807, 2.05) is 0 Å². The highest BCUT2D eigenvalue weighted by atomic mass is 35.5. The average molecular weight is 481 g/mol. The number of carbonyl (C=O) groups is 2. The second kappa shape index (κ2) is 9.17. The quantitative estimate of drug-likeness (QED) is 0.545. The number of nitrogens with one attached hydrogen (secondary N) is 2. The summed E-state index contributed by atoms with van der Waals surface area (Å²) in [7, 11) is -3.28. The van der Waals surface area contributed by atoms with Gasteiger partial charge in [0.15, 0.2) is 9.84 Å². The lowest BCUT2D eigenvalue weighted by Gasteiger charge is -2.06. The average Bonchev–Trinajstić information content (AvgIpc) is 3.05. The molecule has 0 fully saturated rings. The van der Waals surface area contributed by atoms with E-state index < -0.39 is 21.6 Å². The lowest BCUT2D eigenvalue weighted by Crippen LogP contribution is -2.22. The molecule has 2 N–H and O–H groups in total. The number of anilines is 1. The number of carbonyl (C=O) groups excluding carboxylic acids is 2. The first kappa shape index (κ1) is 22.9. The molecule has 0 bridgehead atoms. The predicted octanol–water partition coefficient (Wildman–Crippen LogP) is 4.43. The van der Waals surface area contributed by atoms with Crippen LogP contribution in [0, 0.1) is 12.7 Å². The second-order valence-electron chi connectivity index (χ2n) is 6.80. The third-order valence-electron chi connectivity index (χ3n) is 4.34. The monoisotopic (exact) mass is 480 g/mol. The maximum atomic E-state index is 13.2. The first-order chi connectivity index (χ1) is 14.5. The molecular weight excluding hydrogens is 463 g/mol. The van der Waals surface area contributed by atoms with E-state index >= 15 is 0 Å². The normalized spacial score (nSPS) is 11.2. The lowest BCUT2D eigenvalue weighted by molar-refractivity contribution is 0.0953. The maximum Gasteiger partial charge on any atom is 0.261 e. The van der Waals surface area contributed by atoms with Gasteiger partial charge in [0.25, 0.3) is 11.8 Å². The van der Waals surface area contributed by atoms with E-state index in [1.165, 1.54) is 18.2 Å². The van der Waals surface area contributed by atoms with Crippen LogP contribution < -0.4 is 10.6 Å². The van der Waals surface area contributed by atoms with E-state index in [2.05, 4.69) is 10.6 Å². The van der Waals surface area contributed by atoms with Crippen LogP contribution in [-0.4, -0.2) is 26.5 Å². The van der Waals surface area contributed by atoms with Crippen molar-refractivity contribution in [3.8, 4) is 0 Å². The zero-order valence-electron chi connectivity index (χ0n) is 16.5. The molecule has 2 amide bonds. The fourth-order valence-corrected chi connectivity index (χ4v) is 4.61. The van der Waals surface area contributed by atoms with Crippen molar-refractivity contribution in [2.75, 3.05) is 11.6 Å². The summed E-state index contributed by atoms with van der Waals surface area (Å²) in [6.07, 6.45) is 1.13. The van der Waals surface area contributed by atoms with Crippen molar-refractivity contribution in [2.45, 2.75) is 18.4 Å². The van der Waals surface area contributed by atoms with Gasteiger partial charge in [-0.3, -0.25) is 9.59 Å². The highest BCUT2D eigenvalue weighted by molar-refractivity contribution is 7.90. The van der Waals surface area contributed by atoms with Crippen LogP contribution in [0.25, 0.3) is 0 Å². The van der Waals surface area contributed by atoms with Crippen LogP contribution in [0.4, 0.5) is 9.39 Å². The maximum absolute atomic E-state index is 13.2. The molecule has 0 atom stereocenters. The summed E-state index contributed by atoms with van der Waals surface area (Å²) >= 11 is 7.02. The van der Waals surface area contributed by atoms with Gasteiger partial charge in [0.05, 0.1) is 25.4 Å². The number of amides is 2. The van der Waals surface area contributed by atoms with Crippen molar-refractivity contribution in [3.63, 3.8) is 0 Å². The number of thiophene rings is 1. The van der Waals surface area contributed by atoms with E-state index in [0.717, 1.165) is 35.3 Å². The van der Waals surface area contributed by atoms with Gasteiger partial charge in [-0.25, -0.2) is 12.8 Å². The number of sulfone groups is 1. The van der Waals surface area contributed by atoms with Gasteiger partial charge >= 0.3 is 0 Å². The zero-order valence-corrected chi connectivity index (χ0v) is 18.9. The highest BCUT2D eigenvalue weighted by Crippen LogP contribution is 2.28. The largest absolute Gasteiger partial charge is 0.347 e. The van der Waals surface area contributed by atoms with Crippen LogP contribution in [0.5, 0.6) is 0 Å². The van der Waals surface area contributed by atoms with Crippen molar-refractivity contribution in [1.29, 1.82) is 0 Å². The number of hydrogen-bond acceptors (Lipinski definition) is 5. The predicted molar refractivity (Wildman–Crippen MR) is 119 cm³/mol. The van der Waals surface area contributed by atoms with E-state index in [1.54, 1.807) is 25.1 Å². The number of benzene rings is 2. The Morgan fingerprint density at radius 2 is 1.74 bits per heavy atom. The minimum atomic E-state index is -3.28. The Morgan fingerprint density at radius 1 is 1.06 bits per heavy atom. The van der Waals surface area contributed by atoms with Gasteiger partial charge < -0.3 is 10.6 Å². The Hall–Kier alpha value is -2.75. The molecule has 1 heterocycles. The molecule has 0 spiro atoms. The first-order valence-electron chi connectivity index (χ1n) is 8.98. The van der Waals surface area contributed by atoms with Gasteiger partial charge in [0.2, 0.25) is 0 Å². The summed E-state index contributed by atoms with van der Waals surface area (Å²) in [5.74, 6) is -1.38. The summed E-state index contributed by atoms with van der Waals surface area (Å²) < 4.78 is 36.2. The van der Waals surface area contributed by atoms with Crippen molar-refractivity contribution in [3.05, 3.63) is 80.9 Å². The molecule has 3 aromatic rings. The minimum absolute atomic E-state index is 0.00867. The van der Waals surface area contributed by atoms with Gasteiger partial charge in [0.1, 0.15) is 5.82 Å². The molecule has 0 radical (unpaired) electrons. The molecule has 0 saturated carbocycles. The van der Waals surface area contributed by atoms with Gasteiger partial charge in [-0.15, -0.1) is 11.3 Å². The molecule has 0 unspecified atom stereocenters. The summed E-state index contributed by atoms with van der Waals surface area (Å²) in [5, 5.41) is 5.88. The molecule has 0 saturated heterocycles. The molecule has 2 aromatic carbocycles. The fraction of sp³-hybridized carbons (Fsp3) is 0.143. The van der Waals surface area contributed by atoms with Gasteiger partial charge in [-0.05, 0) is 54.4 Å². The Balaban J connectivity index is 1.66. The number of hydrogen-bond donors (Lipinski definition) is 2. The van der Waals surface area contributed by atoms with E-state index in [0.29, 0.717) is 15.4 Å². The Bertz CT molecular complexity index is 1250. The molecule has 162 valence electrons. The summed E-state index contributed by atoms with van der Waals surface area (Å²) in [6, 6.07) is 11.4. The van der Waals surface area contributed by atoms with Crippen molar-refractivity contribution < 1.29 is 22.4 Å². The molecule has 10 heteroatoms. The highest BCUT2D eigenvalue weighted by Gasteiger charge is 2.17. The molecule has 0 aliphatic carbocycles. The number of aryl methyl sites for hydroxylation is 1. The number of rotatable bonds is 6. The molecule has 31 heavy (non-hydrogen) atoms. The van der Waals surface area contributed by atoms with Crippen molar-refractivity contribution in [1.82, 2.24) is 5.32 Å². The van der Waals surface area contributed by atoms with Gasteiger partial charge in [-0.1, -0.05) is 23.7 Å². The van der Waals surface area contributed by atoms with Crippen LogP contribution in [0.3, 0.4) is 0 Å². The smallest absolute Gasteiger partial charge is 0.261 e. The Morgan fingerprint density at radius 3 is 2.35 bits per heavy atom. The van der Waals surface area contributed by atoms with Crippen LogP contribution in [0.1, 0.15) is 31.2 Å². The van der Waals surface area contributed by atoms with Gasteiger partial charge in [0, 0.05) is 12.8 Å². The molecule has 0 aliphatic heterocycles. The standard InChI is InChI=1S/C21H18ClFN2O4S2/c1-12-9-18(25-20(26)16-8-5-14(23)10-17(16)22)30-19(12)21(27)24-11-13-3-6-15(7-4-13)31(2,28)29/h3-10H,11H2,1-2H3,(H,24,27)(H,25,26). The minimum Gasteiger partial charge on any atom is -0.347 e. The first-order valence-corrected chi connectivity index (χ1v) is 12.1. The van der Waals surface area contributed by atoms with Crippen LogP contribution in [-0.2, 0) is 16.4 Å². The fourth-order valence-electron chi connectivity index (χ4n) is 2.74. The van der Waals surface area contributed by atoms with E-state index in [4.69, 9.17) is 11.6 Å². The van der Waals surface area contributed by atoms with E-state index in [9.17, 15) is 22.4 Å².